The minimum atomic E-state index is -0.191. The van der Waals surface area contributed by atoms with Gasteiger partial charge in [0.25, 0.3) is 5.56 Å². The first-order chi connectivity index (χ1) is 11.5. The Balaban J connectivity index is 2.42. The third-order valence-corrected chi connectivity index (χ3v) is 4.31. The molecule has 0 atom stereocenters. The highest BCUT2D eigenvalue weighted by Crippen LogP contribution is 2.24. The van der Waals surface area contributed by atoms with E-state index in [0.717, 1.165) is 10.9 Å². The van der Waals surface area contributed by atoms with Crippen LogP contribution in [-0.4, -0.2) is 26.8 Å². The molecule has 0 radical (unpaired) electrons. The van der Waals surface area contributed by atoms with Gasteiger partial charge in [0.1, 0.15) is 5.52 Å². The first-order valence-electron chi connectivity index (χ1n) is 8.22. The Kier molecular flexibility index (Phi) is 4.24. The first kappa shape index (κ1) is 16.4. The maximum Gasteiger partial charge on any atom is 0.262 e. The number of rotatable bonds is 4. The number of nitrogens with zero attached hydrogens (tertiary/aromatic N) is 3. The standard InChI is InChI=1S/C18H22N4O2/c1-11(2)17(23)22-12(3)15-16(20-22)13-7-4-5-8-14(13)21(18(15)24)10-6-9-19/h4-5,7-8,11H,6,9-10,19H2,1-3H3. The number of para-hydroxylation sites is 1. The summed E-state index contributed by atoms with van der Waals surface area (Å²) in [6.07, 6.45) is 0.716. The molecule has 0 aliphatic rings. The van der Waals surface area contributed by atoms with Gasteiger partial charge in [-0.25, -0.2) is 4.68 Å². The van der Waals surface area contributed by atoms with Crippen LogP contribution in [0.2, 0.25) is 0 Å². The van der Waals surface area contributed by atoms with Crippen molar-refractivity contribution < 1.29 is 4.79 Å². The summed E-state index contributed by atoms with van der Waals surface area (Å²) in [6, 6.07) is 7.66. The Morgan fingerprint density at radius 3 is 2.67 bits per heavy atom. The van der Waals surface area contributed by atoms with Crippen molar-refractivity contribution in [1.29, 1.82) is 0 Å². The molecule has 3 rings (SSSR count). The Bertz CT molecular complexity index is 982. The zero-order valence-electron chi connectivity index (χ0n) is 14.2. The van der Waals surface area contributed by atoms with Gasteiger partial charge >= 0.3 is 0 Å². The normalized spacial score (nSPS) is 11.7. The molecular weight excluding hydrogens is 304 g/mol. The zero-order chi connectivity index (χ0) is 17.4. The van der Waals surface area contributed by atoms with E-state index in [0.29, 0.717) is 36.1 Å². The van der Waals surface area contributed by atoms with E-state index in [1.807, 2.05) is 38.1 Å². The highest BCUT2D eigenvalue weighted by molar-refractivity contribution is 6.05. The summed E-state index contributed by atoms with van der Waals surface area (Å²) < 4.78 is 3.11. The lowest BCUT2D eigenvalue weighted by molar-refractivity contribution is 0.0837. The minimum Gasteiger partial charge on any atom is -0.330 e. The highest BCUT2D eigenvalue weighted by atomic mass is 16.2. The Morgan fingerprint density at radius 1 is 1.29 bits per heavy atom. The van der Waals surface area contributed by atoms with E-state index in [4.69, 9.17) is 5.73 Å². The van der Waals surface area contributed by atoms with Crippen molar-refractivity contribution in [3.05, 3.63) is 40.3 Å². The van der Waals surface area contributed by atoms with Crippen LogP contribution in [0.4, 0.5) is 0 Å². The van der Waals surface area contributed by atoms with Crippen molar-refractivity contribution in [3.8, 4) is 0 Å². The molecule has 0 spiro atoms. The zero-order valence-corrected chi connectivity index (χ0v) is 14.2. The quantitative estimate of drug-likeness (QED) is 0.797. The average Bonchev–Trinajstić information content (AvgIpc) is 2.92. The molecule has 2 N–H and O–H groups in total. The number of carbonyl (C=O) groups is 1. The number of nitrogens with two attached hydrogens (primary N) is 1. The number of benzene rings is 1. The molecule has 0 aliphatic carbocycles. The molecule has 0 amide bonds. The molecule has 3 aromatic rings. The van der Waals surface area contributed by atoms with Crippen molar-refractivity contribution in [2.45, 2.75) is 33.7 Å². The number of hydrogen-bond acceptors (Lipinski definition) is 4. The second kappa shape index (κ2) is 6.20. The van der Waals surface area contributed by atoms with Crippen LogP contribution in [0.5, 0.6) is 0 Å². The van der Waals surface area contributed by atoms with Gasteiger partial charge < -0.3 is 10.3 Å². The fraction of sp³-hybridized carbons (Fsp3) is 0.389. The molecule has 0 saturated heterocycles. The Morgan fingerprint density at radius 2 is 2.00 bits per heavy atom. The predicted octanol–water partition coefficient (Wildman–Crippen LogP) is 2.30. The van der Waals surface area contributed by atoms with Crippen LogP contribution in [0.15, 0.2) is 29.1 Å². The van der Waals surface area contributed by atoms with Crippen molar-refractivity contribution in [1.82, 2.24) is 14.3 Å². The Labute approximate surface area is 139 Å². The van der Waals surface area contributed by atoms with Crippen molar-refractivity contribution in [2.75, 3.05) is 6.54 Å². The van der Waals surface area contributed by atoms with E-state index < -0.39 is 0 Å². The number of fused-ring (bicyclic) bond motifs is 3. The third kappa shape index (κ3) is 2.43. The lowest BCUT2D eigenvalue weighted by atomic mass is 10.1. The van der Waals surface area contributed by atoms with Crippen LogP contribution >= 0.6 is 0 Å². The molecule has 0 saturated carbocycles. The topological polar surface area (TPSA) is 82.9 Å². The smallest absolute Gasteiger partial charge is 0.262 e. The molecule has 6 heteroatoms. The summed E-state index contributed by atoms with van der Waals surface area (Å²) in [5, 5.41) is 5.86. The lowest BCUT2D eigenvalue weighted by Gasteiger charge is -2.10. The molecule has 2 heterocycles. The van der Waals surface area contributed by atoms with Crippen molar-refractivity contribution in [3.63, 3.8) is 0 Å². The number of carbonyl (C=O) groups excluding carboxylic acids is 1. The maximum atomic E-state index is 13.0. The average molecular weight is 326 g/mol. The van der Waals surface area contributed by atoms with E-state index in [1.54, 1.807) is 11.5 Å². The molecule has 1 aromatic carbocycles. The fourth-order valence-corrected chi connectivity index (χ4v) is 3.03. The lowest BCUT2D eigenvalue weighted by Crippen LogP contribution is -2.23. The molecule has 126 valence electrons. The van der Waals surface area contributed by atoms with Gasteiger partial charge in [0.15, 0.2) is 0 Å². The predicted molar refractivity (Wildman–Crippen MR) is 95.4 cm³/mol. The number of aryl methyl sites for hydroxylation is 2. The number of pyridine rings is 1. The summed E-state index contributed by atoms with van der Waals surface area (Å²) in [4.78, 5) is 25.4. The van der Waals surface area contributed by atoms with Crippen molar-refractivity contribution >= 4 is 27.7 Å². The van der Waals surface area contributed by atoms with Gasteiger partial charge in [0.05, 0.1) is 16.6 Å². The monoisotopic (exact) mass is 326 g/mol. The van der Waals surface area contributed by atoms with E-state index in [-0.39, 0.29) is 17.4 Å². The van der Waals surface area contributed by atoms with Crippen LogP contribution in [0, 0.1) is 12.8 Å². The van der Waals surface area contributed by atoms with Gasteiger partial charge in [0.2, 0.25) is 5.91 Å². The van der Waals surface area contributed by atoms with Gasteiger partial charge in [0, 0.05) is 17.8 Å². The number of hydrogen-bond donors (Lipinski definition) is 1. The van der Waals surface area contributed by atoms with E-state index in [2.05, 4.69) is 5.10 Å². The van der Waals surface area contributed by atoms with Crippen LogP contribution < -0.4 is 11.3 Å². The SMILES string of the molecule is Cc1c2c(=O)n(CCCN)c3ccccc3c2nn1C(=O)C(C)C. The van der Waals surface area contributed by atoms with Crippen LogP contribution in [0.3, 0.4) is 0 Å². The van der Waals surface area contributed by atoms with Crippen molar-refractivity contribution in [2.24, 2.45) is 11.7 Å². The highest BCUT2D eigenvalue weighted by Gasteiger charge is 2.21. The molecule has 6 nitrogen and oxygen atoms in total. The van der Waals surface area contributed by atoms with Crippen LogP contribution in [0.1, 0.15) is 30.8 Å². The van der Waals surface area contributed by atoms with Gasteiger partial charge in [-0.05, 0) is 26.0 Å². The molecule has 24 heavy (non-hydrogen) atoms. The molecule has 0 aliphatic heterocycles. The largest absolute Gasteiger partial charge is 0.330 e. The molecule has 2 aromatic heterocycles. The molecule has 0 unspecified atom stereocenters. The minimum absolute atomic E-state index is 0.110. The van der Waals surface area contributed by atoms with Crippen LogP contribution in [0.25, 0.3) is 21.8 Å². The molecule has 0 fully saturated rings. The Hall–Kier alpha value is -2.47. The van der Waals surface area contributed by atoms with Gasteiger partial charge in [-0.15, -0.1) is 0 Å². The van der Waals surface area contributed by atoms with E-state index in [1.165, 1.54) is 4.68 Å². The van der Waals surface area contributed by atoms with Gasteiger partial charge in [-0.2, -0.15) is 5.10 Å². The van der Waals surface area contributed by atoms with Crippen LogP contribution in [-0.2, 0) is 6.54 Å². The summed E-state index contributed by atoms with van der Waals surface area (Å²) in [6.45, 7) is 6.49. The fourth-order valence-electron chi connectivity index (χ4n) is 3.03. The molecular formula is C18H22N4O2. The number of aromatic nitrogens is 3. The van der Waals surface area contributed by atoms with Gasteiger partial charge in [-0.3, -0.25) is 9.59 Å². The van der Waals surface area contributed by atoms with E-state index in [9.17, 15) is 9.59 Å². The summed E-state index contributed by atoms with van der Waals surface area (Å²) in [5.41, 5.74) is 7.51. The second-order valence-corrected chi connectivity index (χ2v) is 6.33. The summed E-state index contributed by atoms with van der Waals surface area (Å²) in [5.74, 6) is -0.301. The third-order valence-electron chi connectivity index (χ3n) is 4.31. The summed E-state index contributed by atoms with van der Waals surface area (Å²) in [7, 11) is 0. The van der Waals surface area contributed by atoms with E-state index >= 15 is 0 Å². The molecule has 0 bridgehead atoms. The maximum absolute atomic E-state index is 13.0. The van der Waals surface area contributed by atoms with Gasteiger partial charge in [-0.1, -0.05) is 32.0 Å². The summed E-state index contributed by atoms with van der Waals surface area (Å²) >= 11 is 0. The first-order valence-corrected chi connectivity index (χ1v) is 8.22. The second-order valence-electron chi connectivity index (χ2n) is 6.33.